The summed E-state index contributed by atoms with van der Waals surface area (Å²) in [5, 5.41) is 10.1. The fourth-order valence-electron chi connectivity index (χ4n) is 1.52. The predicted octanol–water partition coefficient (Wildman–Crippen LogP) is 2.36. The maximum absolute atomic E-state index is 9.81. The van der Waals surface area contributed by atoms with Crippen LogP contribution in [0.2, 0.25) is 0 Å². The molecule has 0 aromatic heterocycles. The van der Waals surface area contributed by atoms with Crippen LogP contribution in [0.5, 0.6) is 0 Å². The molecule has 2 unspecified atom stereocenters. The van der Waals surface area contributed by atoms with Gasteiger partial charge >= 0.3 is 0 Å². The average Bonchev–Trinajstić information content (AvgIpc) is 2.12. The van der Waals surface area contributed by atoms with Gasteiger partial charge in [0.1, 0.15) is 0 Å². The van der Waals surface area contributed by atoms with Crippen LogP contribution in [-0.2, 0) is 5.75 Å². The second-order valence-corrected chi connectivity index (χ2v) is 4.53. The monoisotopic (exact) mass is 180 g/mol. The van der Waals surface area contributed by atoms with Crippen molar-refractivity contribution in [1.82, 2.24) is 0 Å². The van der Waals surface area contributed by atoms with Gasteiger partial charge in [0.25, 0.3) is 0 Å². The van der Waals surface area contributed by atoms with Gasteiger partial charge in [0, 0.05) is 11.0 Å². The molecule has 0 fully saturated rings. The van der Waals surface area contributed by atoms with E-state index in [0.29, 0.717) is 5.25 Å². The van der Waals surface area contributed by atoms with Gasteiger partial charge in [-0.2, -0.15) is 11.8 Å². The van der Waals surface area contributed by atoms with Gasteiger partial charge in [-0.3, -0.25) is 0 Å². The Morgan fingerprint density at radius 3 is 3.00 bits per heavy atom. The fourth-order valence-corrected chi connectivity index (χ4v) is 2.55. The molecular weight excluding hydrogens is 168 g/mol. The lowest BCUT2D eigenvalue weighted by molar-refractivity contribution is 0.177. The Morgan fingerprint density at radius 2 is 2.17 bits per heavy atom. The van der Waals surface area contributed by atoms with Crippen LogP contribution < -0.4 is 0 Å². The van der Waals surface area contributed by atoms with E-state index in [2.05, 4.69) is 13.0 Å². The fraction of sp³-hybridized carbons (Fsp3) is 0.400. The highest BCUT2D eigenvalue weighted by molar-refractivity contribution is 7.99. The van der Waals surface area contributed by atoms with Gasteiger partial charge in [-0.05, 0) is 11.1 Å². The van der Waals surface area contributed by atoms with Crippen molar-refractivity contribution in [3.05, 3.63) is 35.4 Å². The Balaban J connectivity index is 2.42. The molecule has 1 heterocycles. The summed E-state index contributed by atoms with van der Waals surface area (Å²) in [5.74, 6) is 1.04. The van der Waals surface area contributed by atoms with E-state index in [-0.39, 0.29) is 6.10 Å². The molecule has 1 aromatic carbocycles. The van der Waals surface area contributed by atoms with Crippen molar-refractivity contribution in [2.45, 2.75) is 24.0 Å². The van der Waals surface area contributed by atoms with Crippen molar-refractivity contribution >= 4 is 11.8 Å². The topological polar surface area (TPSA) is 20.2 Å². The minimum atomic E-state index is -0.278. The largest absolute Gasteiger partial charge is 0.387 e. The highest BCUT2D eigenvalue weighted by Gasteiger charge is 2.23. The standard InChI is InChI=1S/C10H12OS/c1-7-10(11)9-5-3-2-4-8(9)6-12-7/h2-5,7,10-11H,6H2,1H3. The van der Waals surface area contributed by atoms with Crippen LogP contribution >= 0.6 is 11.8 Å². The highest BCUT2D eigenvalue weighted by Crippen LogP contribution is 2.36. The van der Waals surface area contributed by atoms with E-state index in [9.17, 15) is 5.11 Å². The third-order valence-corrected chi connectivity index (χ3v) is 3.58. The first-order valence-electron chi connectivity index (χ1n) is 4.16. The number of fused-ring (bicyclic) bond motifs is 1. The summed E-state index contributed by atoms with van der Waals surface area (Å²) in [6.45, 7) is 2.07. The third-order valence-electron chi connectivity index (χ3n) is 2.32. The molecule has 0 amide bonds. The summed E-state index contributed by atoms with van der Waals surface area (Å²) in [6, 6.07) is 8.14. The summed E-state index contributed by atoms with van der Waals surface area (Å²) < 4.78 is 0. The molecule has 0 saturated heterocycles. The Labute approximate surface area is 76.8 Å². The average molecular weight is 180 g/mol. The lowest BCUT2D eigenvalue weighted by atomic mass is 10.0. The van der Waals surface area contributed by atoms with Gasteiger partial charge in [-0.1, -0.05) is 31.2 Å². The smallest absolute Gasteiger partial charge is 0.0908 e. The quantitative estimate of drug-likeness (QED) is 0.661. The summed E-state index contributed by atoms with van der Waals surface area (Å²) >= 11 is 1.82. The minimum Gasteiger partial charge on any atom is -0.387 e. The number of hydrogen-bond donors (Lipinski definition) is 1. The number of hydrogen-bond acceptors (Lipinski definition) is 2. The molecule has 0 bridgehead atoms. The van der Waals surface area contributed by atoms with Crippen molar-refractivity contribution in [2.24, 2.45) is 0 Å². The summed E-state index contributed by atoms with van der Waals surface area (Å²) in [6.07, 6.45) is -0.278. The summed E-state index contributed by atoms with van der Waals surface area (Å²) in [4.78, 5) is 0. The molecule has 0 radical (unpaired) electrons. The number of aliphatic hydroxyl groups excluding tert-OH is 1. The predicted molar refractivity (Wildman–Crippen MR) is 52.2 cm³/mol. The molecule has 1 aliphatic rings. The van der Waals surface area contributed by atoms with Crippen LogP contribution in [0.1, 0.15) is 24.2 Å². The molecule has 0 saturated carbocycles. The van der Waals surface area contributed by atoms with Crippen molar-refractivity contribution in [3.8, 4) is 0 Å². The zero-order chi connectivity index (χ0) is 8.55. The van der Waals surface area contributed by atoms with Crippen LogP contribution in [0.3, 0.4) is 0 Å². The summed E-state index contributed by atoms with van der Waals surface area (Å²) in [7, 11) is 0. The molecule has 64 valence electrons. The van der Waals surface area contributed by atoms with E-state index in [0.717, 1.165) is 11.3 Å². The van der Waals surface area contributed by atoms with Crippen molar-refractivity contribution in [1.29, 1.82) is 0 Å². The van der Waals surface area contributed by atoms with Crippen LogP contribution in [0.25, 0.3) is 0 Å². The van der Waals surface area contributed by atoms with Gasteiger partial charge < -0.3 is 5.11 Å². The normalized spacial score (nSPS) is 28.2. The number of thioether (sulfide) groups is 1. The Morgan fingerprint density at radius 1 is 1.42 bits per heavy atom. The van der Waals surface area contributed by atoms with E-state index in [1.165, 1.54) is 5.56 Å². The molecule has 1 aliphatic heterocycles. The highest BCUT2D eigenvalue weighted by atomic mass is 32.2. The van der Waals surface area contributed by atoms with Gasteiger partial charge in [0.15, 0.2) is 0 Å². The van der Waals surface area contributed by atoms with E-state index in [1.54, 1.807) is 0 Å². The van der Waals surface area contributed by atoms with Crippen molar-refractivity contribution in [2.75, 3.05) is 0 Å². The number of aliphatic hydroxyl groups is 1. The lowest BCUT2D eigenvalue weighted by Crippen LogP contribution is -2.17. The van der Waals surface area contributed by atoms with E-state index >= 15 is 0 Å². The molecule has 2 atom stereocenters. The number of benzene rings is 1. The van der Waals surface area contributed by atoms with Crippen LogP contribution in [0.4, 0.5) is 0 Å². The molecule has 0 aliphatic carbocycles. The SMILES string of the molecule is CC1SCc2ccccc2C1O. The van der Waals surface area contributed by atoms with Gasteiger partial charge in [0.05, 0.1) is 6.10 Å². The molecule has 2 heteroatoms. The van der Waals surface area contributed by atoms with E-state index in [4.69, 9.17) is 0 Å². The van der Waals surface area contributed by atoms with Gasteiger partial charge in [-0.15, -0.1) is 0 Å². The zero-order valence-electron chi connectivity index (χ0n) is 7.03. The second kappa shape index (κ2) is 3.11. The summed E-state index contributed by atoms with van der Waals surface area (Å²) in [5.41, 5.74) is 2.40. The zero-order valence-corrected chi connectivity index (χ0v) is 7.84. The first kappa shape index (κ1) is 8.14. The Hall–Kier alpha value is -0.470. The molecular formula is C10H12OS. The number of rotatable bonds is 0. The van der Waals surface area contributed by atoms with Crippen LogP contribution in [-0.4, -0.2) is 10.4 Å². The molecule has 0 spiro atoms. The molecule has 1 nitrogen and oxygen atoms in total. The van der Waals surface area contributed by atoms with Crippen LogP contribution in [0.15, 0.2) is 24.3 Å². The first-order chi connectivity index (χ1) is 5.79. The minimum absolute atomic E-state index is 0.278. The first-order valence-corrected chi connectivity index (χ1v) is 5.21. The molecule has 1 aromatic rings. The van der Waals surface area contributed by atoms with Gasteiger partial charge in [-0.25, -0.2) is 0 Å². The third kappa shape index (κ3) is 1.25. The van der Waals surface area contributed by atoms with E-state index in [1.807, 2.05) is 30.0 Å². The van der Waals surface area contributed by atoms with Crippen LogP contribution in [0, 0.1) is 0 Å². The van der Waals surface area contributed by atoms with Crippen molar-refractivity contribution in [3.63, 3.8) is 0 Å². The maximum Gasteiger partial charge on any atom is 0.0908 e. The Bertz CT molecular complexity index is 285. The lowest BCUT2D eigenvalue weighted by Gasteiger charge is -2.26. The second-order valence-electron chi connectivity index (χ2n) is 3.16. The molecule has 1 N–H and O–H groups in total. The molecule has 12 heavy (non-hydrogen) atoms. The molecule has 2 rings (SSSR count). The Kier molecular flexibility index (Phi) is 2.11. The van der Waals surface area contributed by atoms with Gasteiger partial charge in [0.2, 0.25) is 0 Å². The maximum atomic E-state index is 9.81. The van der Waals surface area contributed by atoms with E-state index < -0.39 is 0 Å². The van der Waals surface area contributed by atoms with Crippen molar-refractivity contribution < 1.29 is 5.11 Å².